The maximum absolute atomic E-state index is 12.6. The first-order valence-corrected chi connectivity index (χ1v) is 8.60. The lowest BCUT2D eigenvalue weighted by molar-refractivity contribution is -0.139. The van der Waals surface area contributed by atoms with Crippen molar-refractivity contribution in [3.8, 4) is 0 Å². The van der Waals surface area contributed by atoms with Crippen LogP contribution in [0.3, 0.4) is 0 Å². The predicted octanol–water partition coefficient (Wildman–Crippen LogP) is 3.08. The van der Waals surface area contributed by atoms with E-state index in [2.05, 4.69) is 10.6 Å². The molecule has 8 heteroatoms. The summed E-state index contributed by atoms with van der Waals surface area (Å²) in [6.45, 7) is 1.72. The van der Waals surface area contributed by atoms with Gasteiger partial charge in [0, 0.05) is 16.3 Å². The number of nitrogens with one attached hydrogen (secondary N) is 2. The Hall–Kier alpha value is -3.00. The van der Waals surface area contributed by atoms with Gasteiger partial charge in [0.25, 0.3) is 5.91 Å². The second-order valence-electron chi connectivity index (χ2n) is 5.30. The summed E-state index contributed by atoms with van der Waals surface area (Å²) in [5, 5.41) is 4.79. The van der Waals surface area contributed by atoms with E-state index in [1.165, 1.54) is 18.9 Å². The van der Waals surface area contributed by atoms with Gasteiger partial charge >= 0.3 is 12.0 Å². The number of methoxy groups -OCH3 is 1. The molecule has 2 aromatic rings. The zero-order valence-corrected chi connectivity index (χ0v) is 15.1. The Bertz CT molecular complexity index is 808. The molecule has 0 fully saturated rings. The molecule has 0 saturated heterocycles. The average molecular weight is 373 g/mol. The van der Waals surface area contributed by atoms with Crippen LogP contribution in [0.1, 0.15) is 17.3 Å². The van der Waals surface area contributed by atoms with E-state index in [9.17, 15) is 14.4 Å². The van der Waals surface area contributed by atoms with E-state index in [0.29, 0.717) is 21.8 Å². The summed E-state index contributed by atoms with van der Waals surface area (Å²) in [7, 11) is 1.33. The third-order valence-corrected chi connectivity index (χ3v) is 4.53. The van der Waals surface area contributed by atoms with Crippen molar-refractivity contribution < 1.29 is 19.1 Å². The van der Waals surface area contributed by atoms with Crippen LogP contribution in [0.15, 0.2) is 53.4 Å². The molecule has 0 aliphatic rings. The highest BCUT2D eigenvalue weighted by atomic mass is 32.2. The number of nitrogens with two attached hydrogens (primary N) is 1. The molecule has 3 amide bonds. The molecule has 7 nitrogen and oxygen atoms in total. The van der Waals surface area contributed by atoms with Crippen LogP contribution in [0.25, 0.3) is 0 Å². The minimum Gasteiger partial charge on any atom is -0.468 e. The second kappa shape index (κ2) is 8.91. The molecule has 136 valence electrons. The fraction of sp³-hybridized carbons (Fsp3) is 0.167. The highest BCUT2D eigenvalue weighted by Crippen LogP contribution is 2.28. The summed E-state index contributed by atoms with van der Waals surface area (Å²) in [6, 6.07) is 12.9. The summed E-state index contributed by atoms with van der Waals surface area (Å²) in [5.41, 5.74) is 6.59. The average Bonchev–Trinajstić information content (AvgIpc) is 2.62. The highest BCUT2D eigenvalue weighted by molar-refractivity contribution is 8.00. The lowest BCUT2D eigenvalue weighted by atomic mass is 10.2. The maximum atomic E-state index is 12.6. The first-order chi connectivity index (χ1) is 12.4. The SMILES string of the molecule is COC(=O)[C@@H](C)Sc1ccccc1C(=O)Nc1ccc(NC(N)=O)cc1. The Labute approximate surface area is 155 Å². The number of primary amides is 1. The number of amides is 3. The summed E-state index contributed by atoms with van der Waals surface area (Å²) in [4.78, 5) is 35.7. The highest BCUT2D eigenvalue weighted by Gasteiger charge is 2.19. The van der Waals surface area contributed by atoms with Crippen LogP contribution in [-0.4, -0.2) is 30.3 Å². The van der Waals surface area contributed by atoms with Gasteiger partial charge in [0.15, 0.2) is 0 Å². The first-order valence-electron chi connectivity index (χ1n) is 7.72. The summed E-state index contributed by atoms with van der Waals surface area (Å²) < 4.78 is 4.72. The Morgan fingerprint density at radius 3 is 2.15 bits per heavy atom. The van der Waals surface area contributed by atoms with Gasteiger partial charge in [-0.1, -0.05) is 12.1 Å². The minimum absolute atomic E-state index is 0.305. The molecule has 0 spiro atoms. The summed E-state index contributed by atoms with van der Waals surface area (Å²) in [6.07, 6.45) is 0. The standard InChI is InChI=1S/C18H19N3O4S/c1-11(17(23)25-2)26-15-6-4-3-5-14(15)16(22)20-12-7-9-13(10-8-12)21-18(19)24/h3-11H,1-2H3,(H,20,22)(H3,19,21,24)/t11-/m1/s1. The van der Waals surface area contributed by atoms with Crippen LogP contribution in [0, 0.1) is 0 Å². The number of hydrogen-bond acceptors (Lipinski definition) is 5. The number of ether oxygens (including phenoxy) is 1. The Morgan fingerprint density at radius 2 is 1.58 bits per heavy atom. The third-order valence-electron chi connectivity index (χ3n) is 3.38. The van der Waals surface area contributed by atoms with E-state index in [-0.39, 0.29) is 11.9 Å². The van der Waals surface area contributed by atoms with E-state index in [1.807, 2.05) is 0 Å². The monoisotopic (exact) mass is 373 g/mol. The third kappa shape index (κ3) is 5.25. The van der Waals surface area contributed by atoms with Crippen LogP contribution in [0.4, 0.5) is 16.2 Å². The van der Waals surface area contributed by atoms with Crippen LogP contribution in [-0.2, 0) is 9.53 Å². The van der Waals surface area contributed by atoms with Crippen LogP contribution in [0.2, 0.25) is 0 Å². The number of urea groups is 1. The lowest BCUT2D eigenvalue weighted by Crippen LogP contribution is -2.19. The number of benzene rings is 2. The second-order valence-corrected chi connectivity index (χ2v) is 6.68. The van der Waals surface area contributed by atoms with Crippen molar-refractivity contribution in [2.45, 2.75) is 17.1 Å². The normalized spacial score (nSPS) is 11.3. The molecule has 2 aromatic carbocycles. The zero-order chi connectivity index (χ0) is 19.1. The van der Waals surface area contributed by atoms with E-state index in [1.54, 1.807) is 55.5 Å². The largest absolute Gasteiger partial charge is 0.468 e. The number of anilines is 2. The zero-order valence-electron chi connectivity index (χ0n) is 14.3. The molecule has 4 N–H and O–H groups in total. The van der Waals surface area contributed by atoms with Gasteiger partial charge in [-0.3, -0.25) is 9.59 Å². The fourth-order valence-electron chi connectivity index (χ4n) is 2.14. The Morgan fingerprint density at radius 1 is 1.00 bits per heavy atom. The number of rotatable bonds is 6. The van der Waals surface area contributed by atoms with Crippen molar-refractivity contribution in [2.24, 2.45) is 5.73 Å². The summed E-state index contributed by atoms with van der Waals surface area (Å²) in [5.74, 6) is -0.663. The lowest BCUT2D eigenvalue weighted by Gasteiger charge is -2.13. The quantitative estimate of drug-likeness (QED) is 0.532. The maximum Gasteiger partial charge on any atom is 0.318 e. The molecule has 0 unspecified atom stereocenters. The molecule has 2 rings (SSSR count). The molecular formula is C18H19N3O4S. The molecule has 0 bridgehead atoms. The van der Waals surface area contributed by atoms with Gasteiger partial charge < -0.3 is 21.1 Å². The van der Waals surface area contributed by atoms with Crippen molar-refractivity contribution in [1.29, 1.82) is 0 Å². The fourth-order valence-corrected chi connectivity index (χ4v) is 3.16. The number of carbonyl (C=O) groups excluding carboxylic acids is 3. The predicted molar refractivity (Wildman–Crippen MR) is 101 cm³/mol. The van der Waals surface area contributed by atoms with Crippen LogP contribution in [0.5, 0.6) is 0 Å². The van der Waals surface area contributed by atoms with Crippen molar-refractivity contribution >= 4 is 41.0 Å². The Kier molecular flexibility index (Phi) is 6.62. The first kappa shape index (κ1) is 19.3. The number of carbonyl (C=O) groups is 3. The molecule has 0 heterocycles. The molecular weight excluding hydrogens is 354 g/mol. The van der Waals surface area contributed by atoms with Crippen molar-refractivity contribution in [3.63, 3.8) is 0 Å². The van der Waals surface area contributed by atoms with Crippen LogP contribution >= 0.6 is 11.8 Å². The summed E-state index contributed by atoms with van der Waals surface area (Å²) >= 11 is 1.25. The van der Waals surface area contributed by atoms with Gasteiger partial charge in [0.2, 0.25) is 0 Å². The molecule has 26 heavy (non-hydrogen) atoms. The van der Waals surface area contributed by atoms with Gasteiger partial charge in [0.05, 0.1) is 12.7 Å². The van der Waals surface area contributed by atoms with E-state index < -0.39 is 11.3 Å². The number of hydrogen-bond donors (Lipinski definition) is 3. The van der Waals surface area contributed by atoms with Gasteiger partial charge in [-0.25, -0.2) is 4.79 Å². The molecule has 0 aliphatic heterocycles. The van der Waals surface area contributed by atoms with Crippen molar-refractivity contribution in [2.75, 3.05) is 17.7 Å². The number of thioether (sulfide) groups is 1. The number of esters is 1. The molecule has 0 aromatic heterocycles. The van der Waals surface area contributed by atoms with E-state index in [4.69, 9.17) is 10.5 Å². The Balaban J connectivity index is 2.12. The van der Waals surface area contributed by atoms with E-state index >= 15 is 0 Å². The molecule has 0 aliphatic carbocycles. The smallest absolute Gasteiger partial charge is 0.318 e. The van der Waals surface area contributed by atoms with Gasteiger partial charge in [-0.15, -0.1) is 11.8 Å². The topological polar surface area (TPSA) is 111 Å². The van der Waals surface area contributed by atoms with E-state index in [0.717, 1.165) is 0 Å². The molecule has 0 saturated carbocycles. The molecule has 0 radical (unpaired) electrons. The van der Waals surface area contributed by atoms with Gasteiger partial charge in [0.1, 0.15) is 5.25 Å². The van der Waals surface area contributed by atoms with Gasteiger partial charge in [-0.05, 0) is 43.3 Å². The van der Waals surface area contributed by atoms with Crippen molar-refractivity contribution in [1.82, 2.24) is 0 Å². The minimum atomic E-state index is -0.660. The van der Waals surface area contributed by atoms with Crippen LogP contribution < -0.4 is 16.4 Å². The molecule has 1 atom stereocenters. The van der Waals surface area contributed by atoms with Crippen molar-refractivity contribution in [3.05, 3.63) is 54.1 Å². The van der Waals surface area contributed by atoms with Gasteiger partial charge in [-0.2, -0.15) is 0 Å².